The second kappa shape index (κ2) is 8.93. The van der Waals surface area contributed by atoms with Gasteiger partial charge < -0.3 is 14.8 Å². The number of aryl methyl sites for hydroxylation is 2. The minimum absolute atomic E-state index is 0.0250. The first-order valence-electron chi connectivity index (χ1n) is 9.05. The van der Waals surface area contributed by atoms with Gasteiger partial charge >= 0.3 is 0 Å². The Morgan fingerprint density at radius 1 is 1.18 bits per heavy atom. The minimum atomic E-state index is -0.0460. The fourth-order valence-corrected chi connectivity index (χ4v) is 4.01. The number of thiophene rings is 1. The van der Waals surface area contributed by atoms with Crippen molar-refractivity contribution in [2.24, 2.45) is 0 Å². The number of benzene rings is 1. The molecule has 1 N–H and O–H groups in total. The summed E-state index contributed by atoms with van der Waals surface area (Å²) in [5.41, 5.74) is 2.91. The first-order chi connectivity index (χ1) is 13.5. The third-order valence-corrected chi connectivity index (χ3v) is 5.49. The molecule has 0 radical (unpaired) electrons. The standard InChI is InChI=1S/C21H25N3O3S/c1-14-10-15(2)24(23-14)17(20-6-5-9-28-20)13-22-21(25)12-16-7-8-18(26-3)19(11-16)27-4/h5-11,17H,12-13H2,1-4H3,(H,22,25). The molecule has 3 aromatic rings. The van der Waals surface area contributed by atoms with E-state index in [9.17, 15) is 4.79 Å². The van der Waals surface area contributed by atoms with Crippen molar-refractivity contribution >= 4 is 17.2 Å². The van der Waals surface area contributed by atoms with Crippen molar-refractivity contribution in [3.05, 3.63) is 63.6 Å². The first kappa shape index (κ1) is 19.9. The van der Waals surface area contributed by atoms with Crippen molar-refractivity contribution in [2.75, 3.05) is 20.8 Å². The van der Waals surface area contributed by atoms with Crippen LogP contribution in [0.3, 0.4) is 0 Å². The quantitative estimate of drug-likeness (QED) is 0.629. The van der Waals surface area contributed by atoms with Crippen LogP contribution >= 0.6 is 11.3 Å². The van der Waals surface area contributed by atoms with E-state index in [-0.39, 0.29) is 18.4 Å². The van der Waals surface area contributed by atoms with Crippen molar-refractivity contribution in [3.63, 3.8) is 0 Å². The van der Waals surface area contributed by atoms with Gasteiger partial charge in [0.15, 0.2) is 11.5 Å². The lowest BCUT2D eigenvalue weighted by atomic mass is 10.1. The lowest BCUT2D eigenvalue weighted by molar-refractivity contribution is -0.120. The van der Waals surface area contributed by atoms with Crippen LogP contribution in [0.4, 0.5) is 0 Å². The summed E-state index contributed by atoms with van der Waals surface area (Å²) in [4.78, 5) is 13.7. The van der Waals surface area contributed by atoms with Gasteiger partial charge in [0.05, 0.1) is 26.3 Å². The van der Waals surface area contributed by atoms with Gasteiger partial charge in [-0.3, -0.25) is 9.48 Å². The van der Waals surface area contributed by atoms with Crippen LogP contribution in [0.5, 0.6) is 11.5 Å². The van der Waals surface area contributed by atoms with Crippen LogP contribution in [0, 0.1) is 13.8 Å². The Bertz CT molecular complexity index is 935. The maximum Gasteiger partial charge on any atom is 0.224 e. The number of nitrogens with zero attached hydrogens (tertiary/aromatic N) is 2. The molecule has 0 bridgehead atoms. The Morgan fingerprint density at radius 3 is 2.57 bits per heavy atom. The van der Waals surface area contributed by atoms with Crippen LogP contribution < -0.4 is 14.8 Å². The largest absolute Gasteiger partial charge is 0.493 e. The smallest absolute Gasteiger partial charge is 0.224 e. The van der Waals surface area contributed by atoms with E-state index in [2.05, 4.69) is 16.5 Å². The molecule has 0 saturated carbocycles. The van der Waals surface area contributed by atoms with E-state index in [1.807, 2.05) is 54.2 Å². The zero-order chi connectivity index (χ0) is 20.1. The predicted octanol–water partition coefficient (Wildman–Crippen LogP) is 3.53. The number of rotatable bonds is 8. The van der Waals surface area contributed by atoms with E-state index in [0.717, 1.165) is 21.8 Å². The lowest BCUT2D eigenvalue weighted by Gasteiger charge is -2.19. The van der Waals surface area contributed by atoms with E-state index in [1.165, 1.54) is 0 Å². The number of ether oxygens (including phenoxy) is 2. The molecular weight excluding hydrogens is 374 g/mol. The highest BCUT2D eigenvalue weighted by Gasteiger charge is 2.19. The molecule has 0 aliphatic heterocycles. The zero-order valence-electron chi connectivity index (χ0n) is 16.6. The molecule has 1 unspecified atom stereocenters. The highest BCUT2D eigenvalue weighted by Crippen LogP contribution is 2.28. The van der Waals surface area contributed by atoms with Crippen molar-refractivity contribution in [2.45, 2.75) is 26.3 Å². The lowest BCUT2D eigenvalue weighted by Crippen LogP contribution is -2.32. The monoisotopic (exact) mass is 399 g/mol. The number of aromatic nitrogens is 2. The molecular formula is C21H25N3O3S. The van der Waals surface area contributed by atoms with E-state index >= 15 is 0 Å². The molecule has 0 spiro atoms. The van der Waals surface area contributed by atoms with Crippen LogP contribution in [-0.4, -0.2) is 36.5 Å². The number of nitrogens with one attached hydrogen (secondary N) is 1. The van der Waals surface area contributed by atoms with Gasteiger partial charge in [0, 0.05) is 17.1 Å². The summed E-state index contributed by atoms with van der Waals surface area (Å²) in [5.74, 6) is 1.22. The van der Waals surface area contributed by atoms with E-state index in [4.69, 9.17) is 9.47 Å². The molecule has 2 aromatic heterocycles. The first-order valence-corrected chi connectivity index (χ1v) is 9.93. The summed E-state index contributed by atoms with van der Waals surface area (Å²) in [6.45, 7) is 4.49. The average molecular weight is 400 g/mol. The van der Waals surface area contributed by atoms with Gasteiger partial charge in [0.1, 0.15) is 6.04 Å². The third-order valence-electron chi connectivity index (χ3n) is 4.52. The van der Waals surface area contributed by atoms with E-state index in [1.54, 1.807) is 25.6 Å². The van der Waals surface area contributed by atoms with Crippen LogP contribution in [0.25, 0.3) is 0 Å². The highest BCUT2D eigenvalue weighted by atomic mass is 32.1. The fourth-order valence-electron chi connectivity index (χ4n) is 3.20. The van der Waals surface area contributed by atoms with Gasteiger partial charge in [0.25, 0.3) is 0 Å². The molecule has 148 valence electrons. The number of hydrogen-bond acceptors (Lipinski definition) is 5. The molecule has 7 heteroatoms. The Kier molecular flexibility index (Phi) is 6.36. The van der Waals surface area contributed by atoms with Gasteiger partial charge in [-0.15, -0.1) is 11.3 Å². The van der Waals surface area contributed by atoms with Gasteiger partial charge in [-0.25, -0.2) is 0 Å². The number of carbonyl (C=O) groups excluding carboxylic acids is 1. The van der Waals surface area contributed by atoms with E-state index < -0.39 is 0 Å². The van der Waals surface area contributed by atoms with Crippen molar-refractivity contribution in [1.82, 2.24) is 15.1 Å². The van der Waals surface area contributed by atoms with Crippen LogP contribution in [0.15, 0.2) is 41.8 Å². The fraction of sp³-hybridized carbons (Fsp3) is 0.333. The Balaban J connectivity index is 1.70. The molecule has 1 amide bonds. The Hall–Kier alpha value is -2.80. The van der Waals surface area contributed by atoms with Gasteiger partial charge in [0.2, 0.25) is 5.91 Å². The van der Waals surface area contributed by atoms with Gasteiger partial charge in [-0.1, -0.05) is 12.1 Å². The molecule has 1 aromatic carbocycles. The molecule has 2 heterocycles. The van der Waals surface area contributed by atoms with Crippen molar-refractivity contribution in [1.29, 1.82) is 0 Å². The number of amides is 1. The summed E-state index contributed by atoms with van der Waals surface area (Å²) in [7, 11) is 3.18. The SMILES string of the molecule is COc1ccc(CC(=O)NCC(c2cccs2)n2nc(C)cc2C)cc1OC. The molecule has 0 aliphatic rings. The zero-order valence-corrected chi connectivity index (χ0v) is 17.4. The molecule has 6 nitrogen and oxygen atoms in total. The molecule has 0 aliphatic carbocycles. The number of carbonyl (C=O) groups is 1. The van der Waals surface area contributed by atoms with Crippen LogP contribution in [-0.2, 0) is 11.2 Å². The highest BCUT2D eigenvalue weighted by molar-refractivity contribution is 7.10. The van der Waals surface area contributed by atoms with Crippen LogP contribution in [0.1, 0.15) is 27.9 Å². The topological polar surface area (TPSA) is 65.4 Å². The number of methoxy groups -OCH3 is 2. The second-order valence-electron chi connectivity index (χ2n) is 6.57. The van der Waals surface area contributed by atoms with Crippen LogP contribution in [0.2, 0.25) is 0 Å². The Morgan fingerprint density at radius 2 is 1.96 bits per heavy atom. The average Bonchev–Trinajstić information content (AvgIpc) is 3.32. The summed E-state index contributed by atoms with van der Waals surface area (Å²) >= 11 is 1.67. The minimum Gasteiger partial charge on any atom is -0.493 e. The normalized spacial score (nSPS) is 11.9. The van der Waals surface area contributed by atoms with Gasteiger partial charge in [-0.2, -0.15) is 5.10 Å². The molecule has 0 saturated heterocycles. The molecule has 28 heavy (non-hydrogen) atoms. The predicted molar refractivity (Wildman–Crippen MR) is 110 cm³/mol. The maximum absolute atomic E-state index is 12.6. The van der Waals surface area contributed by atoms with Gasteiger partial charge in [-0.05, 0) is 49.1 Å². The molecule has 3 rings (SSSR count). The third kappa shape index (κ3) is 4.54. The summed E-state index contributed by atoms with van der Waals surface area (Å²) in [6.07, 6.45) is 0.272. The second-order valence-corrected chi connectivity index (χ2v) is 7.55. The van der Waals surface area contributed by atoms with E-state index in [0.29, 0.717) is 18.0 Å². The molecule has 1 atom stereocenters. The Labute approximate surface area is 169 Å². The van der Waals surface area contributed by atoms with Crippen molar-refractivity contribution < 1.29 is 14.3 Å². The summed E-state index contributed by atoms with van der Waals surface area (Å²) in [6, 6.07) is 11.6. The summed E-state index contributed by atoms with van der Waals surface area (Å²) < 4.78 is 12.5. The van der Waals surface area contributed by atoms with Crippen molar-refractivity contribution in [3.8, 4) is 11.5 Å². The number of hydrogen-bond donors (Lipinski definition) is 1. The molecule has 0 fully saturated rings. The summed E-state index contributed by atoms with van der Waals surface area (Å²) in [5, 5.41) is 9.71. The maximum atomic E-state index is 12.6.